The van der Waals surface area contributed by atoms with Crippen LogP contribution in [0.2, 0.25) is 0 Å². The van der Waals surface area contributed by atoms with Gasteiger partial charge >= 0.3 is 0 Å². The number of benzene rings is 2. The zero-order chi connectivity index (χ0) is 22.5. The number of nitrogens with zero attached hydrogens (tertiary/aromatic N) is 2. The summed E-state index contributed by atoms with van der Waals surface area (Å²) in [6.45, 7) is 0.769. The molecule has 1 heterocycles. The number of hydrogen-bond acceptors (Lipinski definition) is 5. The number of ether oxygens (including phenoxy) is 2. The molecule has 0 saturated heterocycles. The fraction of sp³-hybridized carbons (Fsp3) is 0.440. The Morgan fingerprint density at radius 1 is 1.12 bits per heavy atom. The minimum absolute atomic E-state index is 0.0381. The highest BCUT2D eigenvalue weighted by molar-refractivity contribution is 6.01. The van der Waals surface area contributed by atoms with E-state index in [2.05, 4.69) is 5.16 Å². The first-order valence-corrected chi connectivity index (χ1v) is 11.1. The molecule has 1 atom stereocenters. The second kappa shape index (κ2) is 10.0. The van der Waals surface area contributed by atoms with E-state index in [4.69, 9.17) is 14.3 Å². The third-order valence-corrected chi connectivity index (χ3v) is 6.15. The summed E-state index contributed by atoms with van der Waals surface area (Å²) in [7, 11) is 3.19. The van der Waals surface area contributed by atoms with Crippen molar-refractivity contribution < 1.29 is 23.5 Å². The van der Waals surface area contributed by atoms with Crippen molar-refractivity contribution in [1.82, 2.24) is 4.90 Å². The molecule has 2 aromatic rings. The van der Waals surface area contributed by atoms with Crippen LogP contribution in [0.1, 0.15) is 43.2 Å². The van der Waals surface area contributed by atoms with Crippen LogP contribution in [0.4, 0.5) is 4.39 Å². The Morgan fingerprint density at radius 2 is 1.91 bits per heavy atom. The van der Waals surface area contributed by atoms with Crippen LogP contribution in [0.3, 0.4) is 0 Å². The Bertz CT molecular complexity index is 988. The first-order chi connectivity index (χ1) is 15.6. The Morgan fingerprint density at radius 3 is 2.62 bits per heavy atom. The molecule has 6 nitrogen and oxygen atoms in total. The van der Waals surface area contributed by atoms with Gasteiger partial charge in [-0.1, -0.05) is 30.1 Å². The van der Waals surface area contributed by atoms with Gasteiger partial charge in [0.15, 0.2) is 17.6 Å². The predicted octanol–water partition coefficient (Wildman–Crippen LogP) is 4.55. The van der Waals surface area contributed by atoms with Gasteiger partial charge in [-0.3, -0.25) is 4.79 Å². The minimum Gasteiger partial charge on any atom is -0.493 e. The van der Waals surface area contributed by atoms with Crippen molar-refractivity contribution >= 4 is 11.6 Å². The molecule has 0 spiro atoms. The van der Waals surface area contributed by atoms with E-state index in [0.29, 0.717) is 31.0 Å². The largest absolute Gasteiger partial charge is 0.493 e. The quantitative estimate of drug-likeness (QED) is 0.604. The summed E-state index contributed by atoms with van der Waals surface area (Å²) in [5.74, 6) is 1.13. The molecule has 1 fully saturated rings. The summed E-state index contributed by atoms with van der Waals surface area (Å²) in [6.07, 6.45) is 4.31. The second-order valence-corrected chi connectivity index (χ2v) is 8.37. The summed E-state index contributed by atoms with van der Waals surface area (Å²) in [6, 6.07) is 12.0. The first-order valence-electron chi connectivity index (χ1n) is 11.1. The Labute approximate surface area is 187 Å². The number of amides is 1. The number of halogens is 1. The lowest BCUT2D eigenvalue weighted by molar-refractivity contribution is -0.137. The van der Waals surface area contributed by atoms with Crippen molar-refractivity contribution in [3.63, 3.8) is 0 Å². The molecule has 2 aromatic carbocycles. The lowest BCUT2D eigenvalue weighted by Gasteiger charge is -2.27. The molecule has 0 radical (unpaired) electrons. The molecule has 7 heteroatoms. The van der Waals surface area contributed by atoms with Gasteiger partial charge in [0.25, 0.3) is 0 Å². The van der Waals surface area contributed by atoms with Crippen LogP contribution in [-0.4, -0.2) is 43.4 Å². The van der Waals surface area contributed by atoms with Crippen molar-refractivity contribution in [3.05, 3.63) is 59.4 Å². The standard InChI is InChI=1S/C25H29FN2O4/c1-30-23-11-10-19(13-24(23)31-2)22-14-21(32-27-22)16-28(25(29)18-7-3-4-8-18)15-17-6-5-9-20(26)12-17/h5-6,9-13,18,21H,3-4,7-8,14-16H2,1-2H3. The SMILES string of the molecule is COc1ccc(C2=NOC(CN(Cc3cccc(F)c3)C(=O)C3CCCC3)C2)cc1OC. The average molecular weight is 441 g/mol. The fourth-order valence-electron chi connectivity index (χ4n) is 4.48. The summed E-state index contributed by atoms with van der Waals surface area (Å²) >= 11 is 0. The third kappa shape index (κ3) is 5.03. The molecular weight excluding hydrogens is 411 g/mol. The molecule has 0 N–H and O–H groups in total. The summed E-state index contributed by atoms with van der Waals surface area (Å²) in [4.78, 5) is 20.7. The van der Waals surface area contributed by atoms with Crippen molar-refractivity contribution in [3.8, 4) is 11.5 Å². The van der Waals surface area contributed by atoms with Crippen molar-refractivity contribution in [1.29, 1.82) is 0 Å². The third-order valence-electron chi connectivity index (χ3n) is 6.15. The highest BCUT2D eigenvalue weighted by atomic mass is 19.1. The molecule has 1 unspecified atom stereocenters. The van der Waals surface area contributed by atoms with Gasteiger partial charge in [0, 0.05) is 24.4 Å². The molecule has 1 aliphatic carbocycles. The summed E-state index contributed by atoms with van der Waals surface area (Å²) in [5, 5.41) is 4.27. The lowest BCUT2D eigenvalue weighted by atomic mass is 10.0. The van der Waals surface area contributed by atoms with E-state index in [1.807, 2.05) is 29.2 Å². The van der Waals surface area contributed by atoms with Crippen LogP contribution >= 0.6 is 0 Å². The Hall–Kier alpha value is -3.09. The van der Waals surface area contributed by atoms with Gasteiger partial charge in [-0.15, -0.1) is 0 Å². The van der Waals surface area contributed by atoms with Gasteiger partial charge in [0.1, 0.15) is 5.82 Å². The van der Waals surface area contributed by atoms with Crippen LogP contribution in [0, 0.1) is 11.7 Å². The number of rotatable bonds is 8. The van der Waals surface area contributed by atoms with Gasteiger partial charge < -0.3 is 19.2 Å². The molecule has 4 rings (SSSR count). The molecule has 1 aliphatic heterocycles. The lowest BCUT2D eigenvalue weighted by Crippen LogP contribution is -2.40. The first kappa shape index (κ1) is 22.1. The smallest absolute Gasteiger partial charge is 0.226 e. The fourth-order valence-corrected chi connectivity index (χ4v) is 4.48. The van der Waals surface area contributed by atoms with Gasteiger partial charge in [-0.05, 0) is 48.7 Å². The normalized spacial score (nSPS) is 18.2. The van der Waals surface area contributed by atoms with E-state index in [1.54, 1.807) is 20.3 Å². The molecule has 0 aromatic heterocycles. The maximum Gasteiger partial charge on any atom is 0.226 e. The zero-order valence-electron chi connectivity index (χ0n) is 18.6. The molecule has 1 saturated carbocycles. The molecule has 32 heavy (non-hydrogen) atoms. The van der Waals surface area contributed by atoms with Gasteiger partial charge in [-0.25, -0.2) is 4.39 Å². The summed E-state index contributed by atoms with van der Waals surface area (Å²) < 4.78 is 24.4. The molecule has 170 valence electrons. The molecule has 1 amide bonds. The van der Waals surface area contributed by atoms with Gasteiger partial charge in [0.05, 0.1) is 26.5 Å². The van der Waals surface area contributed by atoms with Crippen LogP contribution < -0.4 is 9.47 Å². The zero-order valence-corrected chi connectivity index (χ0v) is 18.6. The number of methoxy groups -OCH3 is 2. The Balaban J connectivity index is 1.46. The van der Waals surface area contributed by atoms with Crippen LogP contribution in [0.25, 0.3) is 0 Å². The van der Waals surface area contributed by atoms with Crippen molar-refractivity contribution in [2.75, 3.05) is 20.8 Å². The Kier molecular flexibility index (Phi) is 6.93. The van der Waals surface area contributed by atoms with E-state index in [-0.39, 0.29) is 23.7 Å². The summed E-state index contributed by atoms with van der Waals surface area (Å²) in [5.41, 5.74) is 2.47. The number of oxime groups is 1. The predicted molar refractivity (Wildman–Crippen MR) is 119 cm³/mol. The monoisotopic (exact) mass is 440 g/mol. The number of hydrogen-bond donors (Lipinski definition) is 0. The van der Waals surface area contributed by atoms with Crippen LogP contribution in [0.15, 0.2) is 47.6 Å². The van der Waals surface area contributed by atoms with Crippen LogP contribution in [0.5, 0.6) is 11.5 Å². The highest BCUT2D eigenvalue weighted by Gasteiger charge is 2.32. The van der Waals surface area contributed by atoms with Gasteiger partial charge in [-0.2, -0.15) is 0 Å². The topological polar surface area (TPSA) is 60.4 Å². The van der Waals surface area contributed by atoms with E-state index in [1.165, 1.54) is 12.1 Å². The van der Waals surface area contributed by atoms with Crippen molar-refractivity contribution in [2.45, 2.75) is 44.8 Å². The van der Waals surface area contributed by atoms with E-state index in [9.17, 15) is 9.18 Å². The molecule has 0 bridgehead atoms. The minimum atomic E-state index is -0.299. The van der Waals surface area contributed by atoms with Crippen LogP contribution in [-0.2, 0) is 16.2 Å². The average Bonchev–Trinajstić information content (AvgIpc) is 3.50. The van der Waals surface area contributed by atoms with Gasteiger partial charge in [0.2, 0.25) is 5.91 Å². The van der Waals surface area contributed by atoms with E-state index < -0.39 is 0 Å². The second-order valence-electron chi connectivity index (χ2n) is 8.37. The molecular formula is C25H29FN2O4. The van der Waals surface area contributed by atoms with E-state index >= 15 is 0 Å². The maximum absolute atomic E-state index is 13.7. The highest BCUT2D eigenvalue weighted by Crippen LogP contribution is 2.31. The van der Waals surface area contributed by atoms with E-state index in [0.717, 1.165) is 42.5 Å². The molecule has 2 aliphatic rings. The van der Waals surface area contributed by atoms with Crippen molar-refractivity contribution in [2.24, 2.45) is 11.1 Å². The number of carbonyl (C=O) groups is 1. The maximum atomic E-state index is 13.7. The number of carbonyl (C=O) groups excluding carboxylic acids is 1.